The molecule has 120 valence electrons. The maximum atomic E-state index is 11.5. The molecule has 0 radical (unpaired) electrons. The molecule has 0 spiro atoms. The second-order valence-electron chi connectivity index (χ2n) is 5.19. The quantitative estimate of drug-likeness (QED) is 0.854. The molecule has 2 N–H and O–H groups in total. The van der Waals surface area contributed by atoms with Crippen LogP contribution in [0, 0.1) is 13.8 Å². The summed E-state index contributed by atoms with van der Waals surface area (Å²) >= 11 is 0. The number of benzene rings is 1. The van der Waals surface area contributed by atoms with Crippen molar-refractivity contribution in [2.24, 2.45) is 0 Å². The number of carbonyl (C=O) groups excluding carboxylic acids is 1. The van der Waals surface area contributed by atoms with Crippen LogP contribution in [-0.2, 0) is 9.59 Å². The standard InChI is InChI=1S/C17H18N2O4/c1-11-3-4-12(2)14(9-11)23-13-5-6-15(18-10-13)19-16(20)7-8-17(21)22/h3-6,9-10H,7-8H2,1-2H3,(H,21,22)(H,18,19,20). The van der Waals surface area contributed by atoms with Gasteiger partial charge in [-0.2, -0.15) is 0 Å². The number of nitrogens with one attached hydrogen (secondary N) is 1. The Labute approximate surface area is 134 Å². The van der Waals surface area contributed by atoms with E-state index >= 15 is 0 Å². The molecular formula is C17H18N2O4. The van der Waals surface area contributed by atoms with Crippen LogP contribution in [0.25, 0.3) is 0 Å². The number of amides is 1. The van der Waals surface area contributed by atoms with Crippen molar-refractivity contribution >= 4 is 17.7 Å². The number of carboxylic acid groups (broad SMARTS) is 1. The van der Waals surface area contributed by atoms with Crippen molar-refractivity contribution in [2.45, 2.75) is 26.7 Å². The first kappa shape index (κ1) is 16.5. The SMILES string of the molecule is Cc1ccc(C)c(Oc2ccc(NC(=O)CCC(=O)O)nc2)c1. The van der Waals surface area contributed by atoms with Gasteiger partial charge >= 0.3 is 5.97 Å². The molecule has 0 unspecified atom stereocenters. The van der Waals surface area contributed by atoms with E-state index in [9.17, 15) is 9.59 Å². The maximum Gasteiger partial charge on any atom is 0.303 e. The number of nitrogens with zero attached hydrogens (tertiary/aromatic N) is 1. The largest absolute Gasteiger partial charge is 0.481 e. The van der Waals surface area contributed by atoms with Gasteiger partial charge in [0.25, 0.3) is 0 Å². The molecule has 1 aromatic carbocycles. The zero-order valence-electron chi connectivity index (χ0n) is 13.0. The van der Waals surface area contributed by atoms with Crippen molar-refractivity contribution in [3.63, 3.8) is 0 Å². The number of hydrogen-bond acceptors (Lipinski definition) is 4. The van der Waals surface area contributed by atoms with Gasteiger partial charge in [-0.15, -0.1) is 0 Å². The Kier molecular flexibility index (Phi) is 5.30. The molecule has 2 rings (SSSR count). The Morgan fingerprint density at radius 1 is 1.17 bits per heavy atom. The van der Waals surface area contributed by atoms with Crippen molar-refractivity contribution < 1.29 is 19.4 Å². The lowest BCUT2D eigenvalue weighted by atomic mass is 10.1. The Balaban J connectivity index is 1.98. The Morgan fingerprint density at radius 2 is 1.96 bits per heavy atom. The van der Waals surface area contributed by atoms with E-state index in [1.807, 2.05) is 32.0 Å². The zero-order valence-corrected chi connectivity index (χ0v) is 13.0. The number of rotatable bonds is 6. The lowest BCUT2D eigenvalue weighted by Crippen LogP contribution is -2.13. The fraction of sp³-hybridized carbons (Fsp3) is 0.235. The smallest absolute Gasteiger partial charge is 0.303 e. The normalized spacial score (nSPS) is 10.2. The predicted octanol–water partition coefficient (Wildman–Crippen LogP) is 3.29. The summed E-state index contributed by atoms with van der Waals surface area (Å²) in [6, 6.07) is 9.24. The summed E-state index contributed by atoms with van der Waals surface area (Å²) in [5.74, 6) is 0.273. The van der Waals surface area contributed by atoms with Gasteiger partial charge in [-0.05, 0) is 43.2 Å². The van der Waals surface area contributed by atoms with Crippen LogP contribution in [0.4, 0.5) is 5.82 Å². The third kappa shape index (κ3) is 5.10. The molecule has 6 nitrogen and oxygen atoms in total. The minimum absolute atomic E-state index is 0.0856. The predicted molar refractivity (Wildman–Crippen MR) is 85.7 cm³/mol. The highest BCUT2D eigenvalue weighted by Crippen LogP contribution is 2.26. The minimum atomic E-state index is -1.01. The van der Waals surface area contributed by atoms with E-state index in [0.29, 0.717) is 11.6 Å². The number of aromatic nitrogens is 1. The molecule has 6 heteroatoms. The molecule has 0 atom stereocenters. The van der Waals surface area contributed by atoms with Gasteiger partial charge in [0, 0.05) is 6.42 Å². The van der Waals surface area contributed by atoms with E-state index in [-0.39, 0.29) is 18.7 Å². The molecule has 0 aliphatic heterocycles. The molecule has 0 aliphatic carbocycles. The second kappa shape index (κ2) is 7.40. The fourth-order valence-corrected chi connectivity index (χ4v) is 1.88. The Bertz CT molecular complexity index is 711. The van der Waals surface area contributed by atoms with Gasteiger partial charge in [0.15, 0.2) is 0 Å². The molecule has 2 aromatic rings. The third-order valence-electron chi connectivity index (χ3n) is 3.14. The van der Waals surface area contributed by atoms with Crippen LogP contribution in [0.2, 0.25) is 0 Å². The van der Waals surface area contributed by atoms with Crippen molar-refractivity contribution in [1.29, 1.82) is 0 Å². The topological polar surface area (TPSA) is 88.5 Å². The number of pyridine rings is 1. The fourth-order valence-electron chi connectivity index (χ4n) is 1.88. The minimum Gasteiger partial charge on any atom is -0.481 e. The molecule has 0 saturated heterocycles. The van der Waals surface area contributed by atoms with Crippen LogP contribution in [0.1, 0.15) is 24.0 Å². The first-order valence-corrected chi connectivity index (χ1v) is 7.17. The van der Waals surface area contributed by atoms with Gasteiger partial charge in [-0.1, -0.05) is 12.1 Å². The molecule has 0 aliphatic rings. The van der Waals surface area contributed by atoms with Gasteiger partial charge in [-0.3, -0.25) is 9.59 Å². The Hall–Kier alpha value is -2.89. The average Bonchev–Trinajstić information content (AvgIpc) is 2.51. The second-order valence-corrected chi connectivity index (χ2v) is 5.19. The van der Waals surface area contributed by atoms with E-state index in [0.717, 1.165) is 16.9 Å². The van der Waals surface area contributed by atoms with E-state index in [1.165, 1.54) is 6.20 Å². The summed E-state index contributed by atoms with van der Waals surface area (Å²) in [6.45, 7) is 3.94. The van der Waals surface area contributed by atoms with Gasteiger partial charge in [0.2, 0.25) is 5.91 Å². The van der Waals surface area contributed by atoms with Gasteiger partial charge in [0.1, 0.15) is 17.3 Å². The summed E-state index contributed by atoms with van der Waals surface area (Å²) < 4.78 is 5.78. The third-order valence-corrected chi connectivity index (χ3v) is 3.14. The number of anilines is 1. The zero-order chi connectivity index (χ0) is 16.8. The van der Waals surface area contributed by atoms with Crippen LogP contribution in [-0.4, -0.2) is 22.0 Å². The monoisotopic (exact) mass is 314 g/mol. The van der Waals surface area contributed by atoms with Crippen LogP contribution >= 0.6 is 0 Å². The molecule has 0 saturated carbocycles. The number of carboxylic acids is 1. The summed E-state index contributed by atoms with van der Waals surface area (Å²) in [5, 5.41) is 11.1. The van der Waals surface area contributed by atoms with Crippen LogP contribution in [0.15, 0.2) is 36.5 Å². The van der Waals surface area contributed by atoms with E-state index in [4.69, 9.17) is 9.84 Å². The van der Waals surface area contributed by atoms with Gasteiger partial charge < -0.3 is 15.2 Å². The summed E-state index contributed by atoms with van der Waals surface area (Å²) in [5.41, 5.74) is 2.11. The van der Waals surface area contributed by atoms with Gasteiger partial charge in [-0.25, -0.2) is 4.98 Å². The summed E-state index contributed by atoms with van der Waals surface area (Å²) in [4.78, 5) is 26.0. The highest BCUT2D eigenvalue weighted by molar-refractivity contribution is 5.91. The molecule has 1 amide bonds. The lowest BCUT2D eigenvalue weighted by molar-refractivity contribution is -0.138. The molecule has 23 heavy (non-hydrogen) atoms. The average molecular weight is 314 g/mol. The molecule has 1 aromatic heterocycles. The van der Waals surface area contributed by atoms with Crippen molar-refractivity contribution in [1.82, 2.24) is 4.98 Å². The highest BCUT2D eigenvalue weighted by Gasteiger charge is 2.07. The molecular weight excluding hydrogens is 296 g/mol. The number of carbonyl (C=O) groups is 2. The molecule has 0 bridgehead atoms. The Morgan fingerprint density at radius 3 is 2.61 bits per heavy atom. The van der Waals surface area contributed by atoms with E-state index in [1.54, 1.807) is 12.1 Å². The summed E-state index contributed by atoms with van der Waals surface area (Å²) in [7, 11) is 0. The number of aryl methyl sites for hydroxylation is 2. The summed E-state index contributed by atoms with van der Waals surface area (Å²) in [6.07, 6.45) is 1.21. The molecule has 1 heterocycles. The highest BCUT2D eigenvalue weighted by atomic mass is 16.5. The number of aliphatic carboxylic acids is 1. The number of ether oxygens (including phenoxy) is 1. The lowest BCUT2D eigenvalue weighted by Gasteiger charge is -2.10. The maximum absolute atomic E-state index is 11.5. The van der Waals surface area contributed by atoms with Crippen molar-refractivity contribution in [3.05, 3.63) is 47.7 Å². The van der Waals surface area contributed by atoms with Crippen LogP contribution < -0.4 is 10.1 Å². The first-order chi connectivity index (χ1) is 10.9. The van der Waals surface area contributed by atoms with E-state index in [2.05, 4.69) is 10.3 Å². The van der Waals surface area contributed by atoms with Crippen molar-refractivity contribution in [2.75, 3.05) is 5.32 Å². The van der Waals surface area contributed by atoms with Crippen LogP contribution in [0.3, 0.4) is 0 Å². The number of hydrogen-bond donors (Lipinski definition) is 2. The van der Waals surface area contributed by atoms with Crippen molar-refractivity contribution in [3.8, 4) is 11.5 Å². The molecule has 0 fully saturated rings. The van der Waals surface area contributed by atoms with E-state index < -0.39 is 5.97 Å². The first-order valence-electron chi connectivity index (χ1n) is 7.17. The van der Waals surface area contributed by atoms with Gasteiger partial charge in [0.05, 0.1) is 12.6 Å². The van der Waals surface area contributed by atoms with Crippen LogP contribution in [0.5, 0.6) is 11.5 Å².